The second-order valence-corrected chi connectivity index (χ2v) is 4.83. The highest BCUT2D eigenvalue weighted by Crippen LogP contribution is 2.28. The van der Waals surface area contributed by atoms with Gasteiger partial charge in [-0.2, -0.15) is 0 Å². The number of phenols is 2. The molecule has 1 aromatic heterocycles. The first kappa shape index (κ1) is 13.9. The number of carbonyl (C=O) groups excluding carboxylic acids is 1. The van der Waals surface area contributed by atoms with Crippen molar-refractivity contribution in [3.05, 3.63) is 66.0 Å². The van der Waals surface area contributed by atoms with Gasteiger partial charge in [-0.05, 0) is 23.6 Å². The van der Waals surface area contributed by atoms with Gasteiger partial charge in [0.05, 0.1) is 17.8 Å². The molecule has 0 aliphatic rings. The predicted octanol–water partition coefficient (Wildman–Crippen LogP) is 2.58. The summed E-state index contributed by atoms with van der Waals surface area (Å²) < 4.78 is 0. The Bertz CT molecular complexity index is 841. The lowest BCUT2D eigenvalue weighted by Crippen LogP contribution is -2.23. The first-order valence-corrected chi connectivity index (χ1v) is 6.78. The number of hydrogen-bond acceptors (Lipinski definition) is 4. The Labute approximate surface area is 126 Å². The van der Waals surface area contributed by atoms with Crippen LogP contribution in [0, 0.1) is 0 Å². The number of hydrogen-bond donors (Lipinski definition) is 3. The third-order valence-electron chi connectivity index (χ3n) is 3.43. The fraction of sp³-hybridized carbons (Fsp3) is 0.0588. The van der Waals surface area contributed by atoms with E-state index in [0.717, 1.165) is 16.5 Å². The quantitative estimate of drug-likeness (QED) is 0.648. The van der Waals surface area contributed by atoms with E-state index in [4.69, 9.17) is 0 Å². The topological polar surface area (TPSA) is 82.5 Å². The Morgan fingerprint density at radius 1 is 1.05 bits per heavy atom. The molecule has 0 aliphatic carbocycles. The lowest BCUT2D eigenvalue weighted by molar-refractivity contribution is 0.0947. The van der Waals surface area contributed by atoms with E-state index < -0.39 is 11.7 Å². The van der Waals surface area contributed by atoms with Crippen LogP contribution >= 0.6 is 0 Å². The minimum absolute atomic E-state index is 0.0280. The molecule has 0 saturated heterocycles. The molecule has 1 heterocycles. The third-order valence-corrected chi connectivity index (χ3v) is 3.43. The summed E-state index contributed by atoms with van der Waals surface area (Å²) in [5.41, 5.74) is 0.770. The van der Waals surface area contributed by atoms with Crippen LogP contribution in [0.15, 0.2) is 54.7 Å². The van der Waals surface area contributed by atoms with E-state index in [0.29, 0.717) is 0 Å². The zero-order valence-electron chi connectivity index (χ0n) is 11.7. The SMILES string of the molecule is O=C(NCc1nccc2ccccc12)c1cccc(O)c1O. The van der Waals surface area contributed by atoms with Crippen molar-refractivity contribution in [2.24, 2.45) is 0 Å². The Hall–Kier alpha value is -3.08. The fourth-order valence-corrected chi connectivity index (χ4v) is 2.30. The van der Waals surface area contributed by atoms with Crippen molar-refractivity contribution in [1.82, 2.24) is 10.3 Å². The van der Waals surface area contributed by atoms with Crippen LogP contribution in [-0.4, -0.2) is 21.1 Å². The van der Waals surface area contributed by atoms with Crippen LogP contribution < -0.4 is 5.32 Å². The van der Waals surface area contributed by atoms with Crippen molar-refractivity contribution in [2.75, 3.05) is 0 Å². The number of carbonyl (C=O) groups is 1. The number of nitrogens with one attached hydrogen (secondary N) is 1. The fourth-order valence-electron chi connectivity index (χ4n) is 2.30. The molecule has 3 N–H and O–H groups in total. The molecule has 0 atom stereocenters. The molecule has 2 aromatic carbocycles. The summed E-state index contributed by atoms with van der Waals surface area (Å²) in [5, 5.41) is 23.9. The molecule has 0 radical (unpaired) electrons. The van der Waals surface area contributed by atoms with Gasteiger partial charge in [-0.25, -0.2) is 0 Å². The Morgan fingerprint density at radius 2 is 1.86 bits per heavy atom. The van der Waals surface area contributed by atoms with Crippen molar-refractivity contribution in [2.45, 2.75) is 6.54 Å². The summed E-state index contributed by atoms with van der Waals surface area (Å²) in [5.74, 6) is -1.22. The first-order chi connectivity index (χ1) is 10.7. The summed E-state index contributed by atoms with van der Waals surface area (Å²) in [4.78, 5) is 16.4. The average molecular weight is 294 g/mol. The van der Waals surface area contributed by atoms with Crippen LogP contribution in [0.25, 0.3) is 10.8 Å². The van der Waals surface area contributed by atoms with Crippen LogP contribution in [0.4, 0.5) is 0 Å². The van der Waals surface area contributed by atoms with E-state index in [9.17, 15) is 15.0 Å². The molecule has 3 rings (SSSR count). The standard InChI is InChI=1S/C17H14N2O3/c20-15-7-3-6-13(16(15)21)17(22)19-10-14-12-5-2-1-4-11(12)8-9-18-14/h1-9,20-21H,10H2,(H,19,22). The summed E-state index contributed by atoms with van der Waals surface area (Å²) in [7, 11) is 0. The second kappa shape index (κ2) is 5.73. The highest BCUT2D eigenvalue weighted by atomic mass is 16.3. The van der Waals surface area contributed by atoms with Gasteiger partial charge in [0.2, 0.25) is 0 Å². The van der Waals surface area contributed by atoms with E-state index in [2.05, 4.69) is 10.3 Å². The molecular formula is C17H14N2O3. The second-order valence-electron chi connectivity index (χ2n) is 4.83. The summed E-state index contributed by atoms with van der Waals surface area (Å²) in [6.45, 7) is 0.231. The molecule has 22 heavy (non-hydrogen) atoms. The molecule has 0 unspecified atom stereocenters. The van der Waals surface area contributed by atoms with Crippen LogP contribution in [-0.2, 0) is 6.54 Å². The molecule has 0 spiro atoms. The molecule has 0 saturated carbocycles. The van der Waals surface area contributed by atoms with E-state index in [1.807, 2.05) is 30.3 Å². The number of rotatable bonds is 3. The van der Waals surface area contributed by atoms with Crippen molar-refractivity contribution in [3.63, 3.8) is 0 Å². The molecule has 1 amide bonds. The monoisotopic (exact) mass is 294 g/mol. The lowest BCUT2D eigenvalue weighted by Gasteiger charge is -2.09. The van der Waals surface area contributed by atoms with Crippen LogP contribution in [0.3, 0.4) is 0 Å². The lowest BCUT2D eigenvalue weighted by atomic mass is 10.1. The number of amides is 1. The van der Waals surface area contributed by atoms with Gasteiger partial charge >= 0.3 is 0 Å². The van der Waals surface area contributed by atoms with Gasteiger partial charge < -0.3 is 15.5 Å². The maximum absolute atomic E-state index is 12.1. The molecule has 110 valence electrons. The van der Waals surface area contributed by atoms with Crippen LogP contribution in [0.2, 0.25) is 0 Å². The number of phenolic OH excluding ortho intramolecular Hbond substituents is 2. The van der Waals surface area contributed by atoms with Gasteiger partial charge in [0.15, 0.2) is 11.5 Å². The molecule has 5 nitrogen and oxygen atoms in total. The van der Waals surface area contributed by atoms with Gasteiger partial charge in [0, 0.05) is 11.6 Å². The largest absolute Gasteiger partial charge is 0.504 e. The first-order valence-electron chi connectivity index (χ1n) is 6.78. The predicted molar refractivity (Wildman–Crippen MR) is 82.7 cm³/mol. The van der Waals surface area contributed by atoms with Crippen molar-refractivity contribution < 1.29 is 15.0 Å². The van der Waals surface area contributed by atoms with Crippen LogP contribution in [0.5, 0.6) is 11.5 Å². The van der Waals surface area contributed by atoms with Gasteiger partial charge in [-0.15, -0.1) is 0 Å². The number of para-hydroxylation sites is 1. The molecule has 0 fully saturated rings. The molecule has 0 bridgehead atoms. The number of fused-ring (bicyclic) bond motifs is 1. The number of aromatic nitrogens is 1. The van der Waals surface area contributed by atoms with Crippen molar-refractivity contribution in [1.29, 1.82) is 0 Å². The summed E-state index contributed by atoms with van der Waals surface area (Å²) in [6.07, 6.45) is 1.69. The molecule has 3 aromatic rings. The molecule has 5 heteroatoms. The minimum atomic E-state index is -0.469. The van der Waals surface area contributed by atoms with Gasteiger partial charge in [0.1, 0.15) is 0 Å². The van der Waals surface area contributed by atoms with Gasteiger partial charge in [-0.1, -0.05) is 30.3 Å². The Balaban J connectivity index is 1.82. The van der Waals surface area contributed by atoms with E-state index in [-0.39, 0.29) is 17.9 Å². The molecule has 0 aliphatic heterocycles. The maximum Gasteiger partial charge on any atom is 0.255 e. The number of benzene rings is 2. The Morgan fingerprint density at radius 3 is 2.73 bits per heavy atom. The van der Waals surface area contributed by atoms with Crippen molar-refractivity contribution >= 4 is 16.7 Å². The van der Waals surface area contributed by atoms with E-state index in [1.165, 1.54) is 18.2 Å². The van der Waals surface area contributed by atoms with E-state index >= 15 is 0 Å². The third kappa shape index (κ3) is 2.56. The summed E-state index contributed by atoms with van der Waals surface area (Å²) in [6, 6.07) is 13.9. The van der Waals surface area contributed by atoms with Crippen molar-refractivity contribution in [3.8, 4) is 11.5 Å². The highest BCUT2D eigenvalue weighted by Gasteiger charge is 2.14. The van der Waals surface area contributed by atoms with Gasteiger partial charge in [-0.3, -0.25) is 9.78 Å². The summed E-state index contributed by atoms with van der Waals surface area (Å²) >= 11 is 0. The minimum Gasteiger partial charge on any atom is -0.504 e. The number of aromatic hydroxyl groups is 2. The molecular weight excluding hydrogens is 280 g/mol. The zero-order chi connectivity index (χ0) is 15.5. The van der Waals surface area contributed by atoms with Crippen LogP contribution in [0.1, 0.15) is 16.1 Å². The highest BCUT2D eigenvalue weighted by molar-refractivity contribution is 5.97. The number of nitrogens with zero attached hydrogens (tertiary/aromatic N) is 1. The zero-order valence-corrected chi connectivity index (χ0v) is 11.7. The smallest absolute Gasteiger partial charge is 0.255 e. The van der Waals surface area contributed by atoms with Gasteiger partial charge in [0.25, 0.3) is 5.91 Å². The normalized spacial score (nSPS) is 10.5. The maximum atomic E-state index is 12.1. The number of pyridine rings is 1. The Kier molecular flexibility index (Phi) is 3.62. The van der Waals surface area contributed by atoms with E-state index in [1.54, 1.807) is 6.20 Å². The average Bonchev–Trinajstić information content (AvgIpc) is 2.55.